The van der Waals surface area contributed by atoms with Gasteiger partial charge in [0.15, 0.2) is 11.5 Å². The molecule has 0 N–H and O–H groups in total. The number of aromatic nitrogens is 2. The highest BCUT2D eigenvalue weighted by Gasteiger charge is 2.14. The van der Waals surface area contributed by atoms with Gasteiger partial charge in [-0.3, -0.25) is 0 Å². The molecule has 1 heterocycles. The van der Waals surface area contributed by atoms with Crippen LogP contribution >= 0.6 is 0 Å². The molecular weight excluding hydrogens is 312 g/mol. The molecule has 132 valence electrons. The van der Waals surface area contributed by atoms with Crippen LogP contribution in [0.1, 0.15) is 32.6 Å². The van der Waals surface area contributed by atoms with E-state index in [0.717, 1.165) is 41.4 Å². The lowest BCUT2D eigenvalue weighted by atomic mass is 10.1. The van der Waals surface area contributed by atoms with Gasteiger partial charge in [-0.2, -0.15) is 0 Å². The Morgan fingerprint density at radius 2 is 1.72 bits per heavy atom. The Balaban J connectivity index is 2.02. The maximum absolute atomic E-state index is 5.46. The number of hydrogen-bond donors (Lipinski definition) is 0. The van der Waals surface area contributed by atoms with Gasteiger partial charge in [0.1, 0.15) is 5.82 Å². The largest absolute Gasteiger partial charge is 0.493 e. The summed E-state index contributed by atoms with van der Waals surface area (Å²) >= 11 is 0. The van der Waals surface area contributed by atoms with Gasteiger partial charge in [0.05, 0.1) is 25.3 Å². The number of aryl methyl sites for hydroxylation is 1. The average Bonchev–Trinajstić information content (AvgIpc) is 3.03. The normalized spacial score (nSPS) is 11.0. The molecule has 0 amide bonds. The van der Waals surface area contributed by atoms with E-state index in [0.29, 0.717) is 0 Å². The molecule has 4 heteroatoms. The third kappa shape index (κ3) is 3.63. The molecule has 3 aromatic rings. The number of rotatable bonds is 8. The molecule has 25 heavy (non-hydrogen) atoms. The molecule has 0 spiro atoms. The van der Waals surface area contributed by atoms with E-state index in [1.165, 1.54) is 24.8 Å². The highest BCUT2D eigenvalue weighted by atomic mass is 16.5. The molecule has 1 aromatic heterocycles. The Morgan fingerprint density at radius 3 is 2.48 bits per heavy atom. The van der Waals surface area contributed by atoms with Gasteiger partial charge >= 0.3 is 0 Å². The van der Waals surface area contributed by atoms with Gasteiger partial charge in [-0.05, 0) is 36.8 Å². The number of benzene rings is 2. The van der Waals surface area contributed by atoms with E-state index >= 15 is 0 Å². The first kappa shape index (κ1) is 17.3. The van der Waals surface area contributed by atoms with Crippen molar-refractivity contribution < 1.29 is 9.47 Å². The molecule has 0 aliphatic heterocycles. The van der Waals surface area contributed by atoms with E-state index in [1.807, 2.05) is 24.3 Å². The Kier molecular flexibility index (Phi) is 5.59. The smallest absolute Gasteiger partial charge is 0.161 e. The first-order valence-electron chi connectivity index (χ1n) is 8.96. The maximum atomic E-state index is 5.46. The number of ether oxygens (including phenoxy) is 2. The molecule has 3 rings (SSSR count). The third-order valence-corrected chi connectivity index (χ3v) is 4.53. The highest BCUT2D eigenvalue weighted by molar-refractivity contribution is 5.81. The quantitative estimate of drug-likeness (QED) is 0.523. The zero-order valence-electron chi connectivity index (χ0n) is 15.3. The van der Waals surface area contributed by atoms with Gasteiger partial charge in [-0.15, -0.1) is 0 Å². The van der Waals surface area contributed by atoms with Crippen LogP contribution in [0.2, 0.25) is 0 Å². The first-order valence-corrected chi connectivity index (χ1v) is 8.96. The summed E-state index contributed by atoms with van der Waals surface area (Å²) in [5, 5.41) is 0. The van der Waals surface area contributed by atoms with Crippen molar-refractivity contribution in [3.8, 4) is 22.9 Å². The van der Waals surface area contributed by atoms with Crippen LogP contribution in [0.3, 0.4) is 0 Å². The van der Waals surface area contributed by atoms with Crippen molar-refractivity contribution in [2.24, 2.45) is 0 Å². The van der Waals surface area contributed by atoms with Gasteiger partial charge < -0.3 is 14.0 Å². The number of unbranched alkanes of at least 4 members (excludes halogenated alkanes) is 3. The second-order valence-electron chi connectivity index (χ2n) is 6.21. The Morgan fingerprint density at radius 1 is 0.920 bits per heavy atom. The van der Waals surface area contributed by atoms with Gasteiger partial charge in [-0.25, -0.2) is 4.98 Å². The Bertz CT molecular complexity index is 839. The Hall–Kier alpha value is -2.49. The third-order valence-electron chi connectivity index (χ3n) is 4.53. The second-order valence-corrected chi connectivity index (χ2v) is 6.21. The summed E-state index contributed by atoms with van der Waals surface area (Å²) in [7, 11) is 3.32. The van der Waals surface area contributed by atoms with Crippen LogP contribution in [0.25, 0.3) is 22.4 Å². The fourth-order valence-corrected chi connectivity index (χ4v) is 3.19. The van der Waals surface area contributed by atoms with E-state index in [2.05, 4.69) is 29.7 Å². The molecule has 0 fully saturated rings. The summed E-state index contributed by atoms with van der Waals surface area (Å²) in [6.07, 6.45) is 4.92. The van der Waals surface area contributed by atoms with Crippen molar-refractivity contribution in [1.82, 2.24) is 9.55 Å². The molecule has 0 aliphatic carbocycles. The standard InChI is InChI=1S/C21H26N2O2/c1-4-5-6-9-14-23-18-11-8-7-10-17(18)22-21(23)16-12-13-19(24-2)20(15-16)25-3/h7-8,10-13,15H,4-6,9,14H2,1-3H3. The number of fused-ring (bicyclic) bond motifs is 1. The van der Waals surface area contributed by atoms with Crippen LogP contribution in [-0.2, 0) is 6.54 Å². The van der Waals surface area contributed by atoms with Crippen LogP contribution in [0.15, 0.2) is 42.5 Å². The molecule has 0 bridgehead atoms. The molecule has 0 aliphatic rings. The van der Waals surface area contributed by atoms with Crippen LogP contribution in [-0.4, -0.2) is 23.8 Å². The van der Waals surface area contributed by atoms with Crippen molar-refractivity contribution in [3.05, 3.63) is 42.5 Å². The molecular formula is C21H26N2O2. The Labute approximate surface area is 149 Å². The lowest BCUT2D eigenvalue weighted by Gasteiger charge is -2.12. The lowest BCUT2D eigenvalue weighted by Crippen LogP contribution is -2.01. The number of hydrogen-bond acceptors (Lipinski definition) is 3. The predicted molar refractivity (Wildman–Crippen MR) is 102 cm³/mol. The summed E-state index contributed by atoms with van der Waals surface area (Å²) in [5.41, 5.74) is 3.26. The zero-order valence-corrected chi connectivity index (χ0v) is 15.3. The molecule has 4 nitrogen and oxygen atoms in total. The van der Waals surface area contributed by atoms with Crippen LogP contribution in [0.5, 0.6) is 11.5 Å². The van der Waals surface area contributed by atoms with E-state index in [9.17, 15) is 0 Å². The number of nitrogens with zero attached hydrogens (tertiary/aromatic N) is 2. The molecule has 0 radical (unpaired) electrons. The number of methoxy groups -OCH3 is 2. The maximum Gasteiger partial charge on any atom is 0.161 e. The second kappa shape index (κ2) is 8.06. The minimum absolute atomic E-state index is 0.726. The summed E-state index contributed by atoms with van der Waals surface area (Å²) in [6, 6.07) is 14.3. The molecule has 0 atom stereocenters. The van der Waals surface area contributed by atoms with Gasteiger partial charge in [-0.1, -0.05) is 38.3 Å². The lowest BCUT2D eigenvalue weighted by molar-refractivity contribution is 0.355. The summed E-state index contributed by atoms with van der Waals surface area (Å²) in [6.45, 7) is 3.21. The van der Waals surface area contributed by atoms with Crippen molar-refractivity contribution in [2.45, 2.75) is 39.2 Å². The van der Waals surface area contributed by atoms with E-state index in [4.69, 9.17) is 14.5 Å². The zero-order chi connectivity index (χ0) is 17.6. The number of imidazole rings is 1. The predicted octanol–water partition coefficient (Wildman–Crippen LogP) is 5.30. The van der Waals surface area contributed by atoms with Gasteiger partial charge in [0.25, 0.3) is 0 Å². The first-order chi connectivity index (χ1) is 12.3. The van der Waals surface area contributed by atoms with Crippen LogP contribution < -0.4 is 9.47 Å². The molecule has 2 aromatic carbocycles. The van der Waals surface area contributed by atoms with E-state index in [1.54, 1.807) is 14.2 Å². The van der Waals surface area contributed by atoms with Crippen LogP contribution in [0.4, 0.5) is 0 Å². The SMILES string of the molecule is CCCCCCn1c(-c2ccc(OC)c(OC)c2)nc2ccccc21. The minimum Gasteiger partial charge on any atom is -0.493 e. The van der Waals surface area contributed by atoms with E-state index < -0.39 is 0 Å². The number of para-hydroxylation sites is 2. The fourth-order valence-electron chi connectivity index (χ4n) is 3.19. The fraction of sp³-hybridized carbons (Fsp3) is 0.381. The van der Waals surface area contributed by atoms with Crippen molar-refractivity contribution in [2.75, 3.05) is 14.2 Å². The minimum atomic E-state index is 0.726. The summed E-state index contributed by atoms with van der Waals surface area (Å²) < 4.78 is 13.1. The molecule has 0 saturated heterocycles. The average molecular weight is 338 g/mol. The van der Waals surface area contributed by atoms with Gasteiger partial charge in [0, 0.05) is 12.1 Å². The topological polar surface area (TPSA) is 36.3 Å². The van der Waals surface area contributed by atoms with Gasteiger partial charge in [0.2, 0.25) is 0 Å². The summed E-state index contributed by atoms with van der Waals surface area (Å²) in [4.78, 5) is 4.88. The molecule has 0 saturated carbocycles. The van der Waals surface area contributed by atoms with E-state index in [-0.39, 0.29) is 0 Å². The van der Waals surface area contributed by atoms with Crippen LogP contribution in [0, 0.1) is 0 Å². The van der Waals surface area contributed by atoms with Crippen molar-refractivity contribution in [1.29, 1.82) is 0 Å². The summed E-state index contributed by atoms with van der Waals surface area (Å²) in [5.74, 6) is 2.44. The van der Waals surface area contributed by atoms with Crippen molar-refractivity contribution in [3.63, 3.8) is 0 Å². The van der Waals surface area contributed by atoms with Crippen molar-refractivity contribution >= 4 is 11.0 Å². The molecule has 0 unspecified atom stereocenters. The highest BCUT2D eigenvalue weighted by Crippen LogP contribution is 2.33. The monoisotopic (exact) mass is 338 g/mol.